The van der Waals surface area contributed by atoms with Gasteiger partial charge >= 0.3 is 6.18 Å². The zero-order valence-electron chi connectivity index (χ0n) is 19.0. The molecular weight excluding hydrogens is 528 g/mol. The van der Waals surface area contributed by atoms with Gasteiger partial charge in [-0.15, -0.1) is 10.2 Å². The van der Waals surface area contributed by atoms with Gasteiger partial charge in [-0.1, -0.05) is 17.7 Å². The van der Waals surface area contributed by atoms with E-state index in [4.69, 9.17) is 25.9 Å². The Hall–Kier alpha value is -3.45. The number of benzene rings is 2. The van der Waals surface area contributed by atoms with E-state index in [1.54, 1.807) is 6.92 Å². The third-order valence-electron chi connectivity index (χ3n) is 4.73. The number of aromatic nitrogens is 2. The molecule has 8 nitrogen and oxygen atoms in total. The van der Waals surface area contributed by atoms with Gasteiger partial charge in [0.05, 0.1) is 21.4 Å². The van der Waals surface area contributed by atoms with Crippen molar-refractivity contribution in [1.29, 1.82) is 4.78 Å². The van der Waals surface area contributed by atoms with Gasteiger partial charge in [0.15, 0.2) is 17.2 Å². The fourth-order valence-corrected chi connectivity index (χ4v) is 3.98. The molecule has 1 amide bonds. The molecule has 2 aromatic carbocycles. The fourth-order valence-electron chi connectivity index (χ4n) is 3.09. The SMILES string of the molecule is CCOc1c(Cl)ccc(Oc2nnc(C(F)(F)F)c(C)c2C(=O)Nc2cccc(S(C)(=N)=O)c2)c1F. The minimum absolute atomic E-state index is 0.0475. The highest BCUT2D eigenvalue weighted by Gasteiger charge is 2.38. The molecule has 0 saturated heterocycles. The second kappa shape index (κ2) is 10.3. The van der Waals surface area contributed by atoms with E-state index in [9.17, 15) is 26.6 Å². The average Bonchev–Trinajstić information content (AvgIpc) is 2.77. The summed E-state index contributed by atoms with van der Waals surface area (Å²) in [4.78, 5) is 13.2. The number of hydrogen-bond acceptors (Lipinski definition) is 7. The highest BCUT2D eigenvalue weighted by molar-refractivity contribution is 7.91. The van der Waals surface area contributed by atoms with E-state index in [-0.39, 0.29) is 28.0 Å². The lowest BCUT2D eigenvalue weighted by molar-refractivity contribution is -0.142. The number of nitrogens with zero attached hydrogens (tertiary/aromatic N) is 2. The van der Waals surface area contributed by atoms with Crippen LogP contribution in [0, 0.1) is 17.5 Å². The van der Waals surface area contributed by atoms with E-state index in [1.807, 2.05) is 0 Å². The molecule has 0 aliphatic rings. The first kappa shape index (κ1) is 27.1. The molecule has 0 fully saturated rings. The van der Waals surface area contributed by atoms with Crippen LogP contribution in [0.4, 0.5) is 23.2 Å². The molecule has 0 aliphatic heterocycles. The largest absolute Gasteiger partial charge is 0.489 e. The van der Waals surface area contributed by atoms with E-state index in [1.165, 1.54) is 36.6 Å². The average molecular weight is 547 g/mol. The van der Waals surface area contributed by atoms with Crippen LogP contribution in [0.1, 0.15) is 28.5 Å². The standard InChI is InChI=1S/C22H19ClF4N4O4S/c1-4-34-18-14(23)8-9-15(17(18)24)35-21-16(11(2)19(30-31-21)22(25,26)27)20(32)29-12-6-5-7-13(10-12)36(3,28)33/h5-10,28H,4H2,1-3H3,(H,29,32). The number of hydrogen-bond donors (Lipinski definition) is 2. The zero-order valence-corrected chi connectivity index (χ0v) is 20.6. The Balaban J connectivity index is 2.10. The van der Waals surface area contributed by atoms with E-state index in [0.717, 1.165) is 13.0 Å². The molecule has 36 heavy (non-hydrogen) atoms. The molecular formula is C22H19ClF4N4O4S. The van der Waals surface area contributed by atoms with Crippen LogP contribution in [0.15, 0.2) is 41.3 Å². The number of rotatable bonds is 7. The van der Waals surface area contributed by atoms with Crippen LogP contribution in [0.25, 0.3) is 0 Å². The quantitative estimate of drug-likeness (QED) is 0.347. The van der Waals surface area contributed by atoms with Gasteiger partial charge in [-0.05, 0) is 49.7 Å². The summed E-state index contributed by atoms with van der Waals surface area (Å²) in [6.07, 6.45) is -3.78. The first-order valence-corrected chi connectivity index (χ1v) is 12.5. The van der Waals surface area contributed by atoms with Crippen LogP contribution >= 0.6 is 11.6 Å². The third kappa shape index (κ3) is 5.85. The van der Waals surface area contributed by atoms with Crippen LogP contribution < -0.4 is 14.8 Å². The van der Waals surface area contributed by atoms with Gasteiger partial charge in [0.25, 0.3) is 11.8 Å². The molecule has 0 spiro atoms. The summed E-state index contributed by atoms with van der Waals surface area (Å²) in [5.41, 5.74) is -2.69. The molecule has 1 unspecified atom stereocenters. The molecule has 0 saturated carbocycles. The molecule has 3 rings (SSSR count). The van der Waals surface area contributed by atoms with E-state index >= 15 is 0 Å². The number of nitrogens with one attached hydrogen (secondary N) is 2. The van der Waals surface area contributed by atoms with Crippen molar-refractivity contribution in [2.45, 2.75) is 24.9 Å². The Labute approximate surface area is 208 Å². The molecule has 0 aliphatic carbocycles. The predicted octanol–water partition coefficient (Wildman–Crippen LogP) is 6.08. The number of carbonyl (C=O) groups is 1. The van der Waals surface area contributed by atoms with Gasteiger partial charge in [0.2, 0.25) is 5.82 Å². The van der Waals surface area contributed by atoms with E-state index < -0.39 is 56.1 Å². The van der Waals surface area contributed by atoms with Crippen LogP contribution in [-0.4, -0.2) is 33.2 Å². The summed E-state index contributed by atoms with van der Waals surface area (Å²) in [6, 6.07) is 7.78. The maximum absolute atomic E-state index is 14.9. The molecule has 14 heteroatoms. The Bertz CT molecular complexity index is 1430. The molecule has 1 heterocycles. The van der Waals surface area contributed by atoms with Crippen molar-refractivity contribution < 1.29 is 36.0 Å². The normalized spacial score (nSPS) is 13.1. The summed E-state index contributed by atoms with van der Waals surface area (Å²) < 4.78 is 85.6. The molecule has 1 atom stereocenters. The predicted molar refractivity (Wildman–Crippen MR) is 124 cm³/mol. The lowest BCUT2D eigenvalue weighted by atomic mass is 10.1. The Morgan fingerprint density at radius 2 is 1.92 bits per heavy atom. The third-order valence-corrected chi connectivity index (χ3v) is 6.18. The van der Waals surface area contributed by atoms with E-state index in [2.05, 4.69) is 15.5 Å². The van der Waals surface area contributed by atoms with Gasteiger partial charge in [-0.2, -0.15) is 17.6 Å². The monoisotopic (exact) mass is 546 g/mol. The van der Waals surface area contributed by atoms with E-state index in [0.29, 0.717) is 0 Å². The van der Waals surface area contributed by atoms with Gasteiger partial charge < -0.3 is 14.8 Å². The Kier molecular flexibility index (Phi) is 7.74. The van der Waals surface area contributed by atoms with Crippen molar-refractivity contribution in [1.82, 2.24) is 10.2 Å². The highest BCUT2D eigenvalue weighted by Crippen LogP contribution is 2.38. The molecule has 0 bridgehead atoms. The maximum Gasteiger partial charge on any atom is 0.435 e. The highest BCUT2D eigenvalue weighted by atomic mass is 35.5. The van der Waals surface area contributed by atoms with Gasteiger partial charge in [-0.3, -0.25) is 4.79 Å². The van der Waals surface area contributed by atoms with Gasteiger partial charge in [0.1, 0.15) is 5.56 Å². The number of halogens is 5. The molecule has 0 radical (unpaired) electrons. The van der Waals surface area contributed by atoms with Gasteiger partial charge in [-0.25, -0.2) is 8.99 Å². The number of alkyl halides is 3. The van der Waals surface area contributed by atoms with Crippen LogP contribution in [0.3, 0.4) is 0 Å². The van der Waals surface area contributed by atoms with Crippen LogP contribution in [-0.2, 0) is 15.9 Å². The van der Waals surface area contributed by atoms with Crippen LogP contribution in [0.5, 0.6) is 17.4 Å². The summed E-state index contributed by atoms with van der Waals surface area (Å²) in [5, 5.41) is 8.81. The van der Waals surface area contributed by atoms with Crippen LogP contribution in [0.2, 0.25) is 5.02 Å². The minimum Gasteiger partial charge on any atom is -0.489 e. The van der Waals surface area contributed by atoms with Crippen molar-refractivity contribution in [3.8, 4) is 17.4 Å². The topological polar surface area (TPSA) is 114 Å². The smallest absolute Gasteiger partial charge is 0.435 e. The molecule has 1 aromatic heterocycles. The summed E-state index contributed by atoms with van der Waals surface area (Å²) in [5.74, 6) is -3.73. The first-order chi connectivity index (χ1) is 16.7. The molecule has 2 N–H and O–H groups in total. The second-order valence-electron chi connectivity index (χ2n) is 7.40. The van der Waals surface area contributed by atoms with Crippen molar-refractivity contribution >= 4 is 32.9 Å². The molecule has 3 aromatic rings. The number of anilines is 1. The summed E-state index contributed by atoms with van der Waals surface area (Å²) in [7, 11) is -3.14. The zero-order chi connectivity index (χ0) is 26.8. The summed E-state index contributed by atoms with van der Waals surface area (Å²) >= 11 is 5.92. The lowest BCUT2D eigenvalue weighted by Gasteiger charge is -2.17. The second-order valence-corrected chi connectivity index (χ2v) is 9.97. The Morgan fingerprint density at radius 3 is 2.53 bits per heavy atom. The summed E-state index contributed by atoms with van der Waals surface area (Å²) in [6.45, 7) is 2.64. The maximum atomic E-state index is 14.9. The lowest BCUT2D eigenvalue weighted by Crippen LogP contribution is -2.21. The Morgan fingerprint density at radius 1 is 1.22 bits per heavy atom. The van der Waals surface area contributed by atoms with Crippen molar-refractivity contribution in [3.63, 3.8) is 0 Å². The number of ether oxygens (including phenoxy) is 2. The first-order valence-electron chi connectivity index (χ1n) is 10.1. The van der Waals surface area contributed by atoms with Crippen molar-refractivity contribution in [3.05, 3.63) is 64.1 Å². The molecule has 192 valence electrons. The van der Waals surface area contributed by atoms with Gasteiger partial charge in [0, 0.05) is 16.8 Å². The van der Waals surface area contributed by atoms with Crippen molar-refractivity contribution in [2.24, 2.45) is 0 Å². The van der Waals surface area contributed by atoms with Crippen molar-refractivity contribution in [2.75, 3.05) is 18.2 Å². The number of carbonyl (C=O) groups excluding carboxylic acids is 1. The minimum atomic E-state index is -4.95. The number of amides is 1. The fraction of sp³-hybridized carbons (Fsp3) is 0.227.